The Morgan fingerprint density at radius 1 is 1.31 bits per heavy atom. The number of benzene rings is 2. The Hall–Kier alpha value is -3.17. The number of nitriles is 1. The molecule has 5 nitrogen and oxygen atoms in total. The van der Waals surface area contributed by atoms with Crippen LogP contribution in [0.2, 0.25) is 5.02 Å². The van der Waals surface area contributed by atoms with Gasteiger partial charge in [0.15, 0.2) is 0 Å². The first kappa shape index (κ1) is 17.6. The Morgan fingerprint density at radius 2 is 2.04 bits per heavy atom. The molecule has 1 heterocycles. The second kappa shape index (κ2) is 7.38. The fraction of sp³-hybridized carbons (Fsp3) is 0.105. The number of hydrogen-bond donors (Lipinski definition) is 1. The summed E-state index contributed by atoms with van der Waals surface area (Å²) in [6, 6.07) is 12.5. The van der Waals surface area contributed by atoms with Gasteiger partial charge in [-0.05, 0) is 48.9 Å². The van der Waals surface area contributed by atoms with Crippen molar-refractivity contribution in [2.45, 2.75) is 13.3 Å². The third-order valence-electron chi connectivity index (χ3n) is 3.87. The maximum Gasteiger partial charge on any atom is 0.259 e. The molecule has 1 N–H and O–H groups in total. The van der Waals surface area contributed by atoms with E-state index in [-0.39, 0.29) is 16.7 Å². The second-order valence-electron chi connectivity index (χ2n) is 5.51. The van der Waals surface area contributed by atoms with Crippen LogP contribution >= 0.6 is 11.6 Å². The van der Waals surface area contributed by atoms with Crippen molar-refractivity contribution < 1.29 is 9.18 Å². The number of hydrogen-bond acceptors (Lipinski definition) is 3. The van der Waals surface area contributed by atoms with Gasteiger partial charge in [0.2, 0.25) is 0 Å². The second-order valence-corrected chi connectivity index (χ2v) is 5.91. The monoisotopic (exact) mass is 368 g/mol. The Labute approximate surface area is 154 Å². The van der Waals surface area contributed by atoms with Crippen molar-refractivity contribution >= 4 is 23.2 Å². The van der Waals surface area contributed by atoms with Crippen molar-refractivity contribution in [1.29, 1.82) is 5.26 Å². The van der Waals surface area contributed by atoms with Crippen molar-refractivity contribution in [3.63, 3.8) is 0 Å². The van der Waals surface area contributed by atoms with E-state index in [1.165, 1.54) is 24.4 Å². The molecule has 0 saturated heterocycles. The lowest BCUT2D eigenvalue weighted by Crippen LogP contribution is -2.14. The van der Waals surface area contributed by atoms with E-state index in [1.807, 2.05) is 13.0 Å². The summed E-state index contributed by atoms with van der Waals surface area (Å²) in [4.78, 5) is 12.6. The highest BCUT2D eigenvalue weighted by Crippen LogP contribution is 2.22. The van der Waals surface area contributed by atoms with Crippen LogP contribution in [-0.2, 0) is 6.42 Å². The number of amides is 1. The van der Waals surface area contributed by atoms with E-state index in [0.717, 1.165) is 0 Å². The zero-order chi connectivity index (χ0) is 18.7. The molecule has 0 aliphatic carbocycles. The van der Waals surface area contributed by atoms with Crippen LogP contribution in [0.3, 0.4) is 0 Å². The Bertz CT molecular complexity index is 1010. The van der Waals surface area contributed by atoms with Crippen LogP contribution in [0.25, 0.3) is 5.69 Å². The van der Waals surface area contributed by atoms with Gasteiger partial charge in [0.05, 0.1) is 33.7 Å². The molecule has 3 aromatic rings. The largest absolute Gasteiger partial charge is 0.322 e. The molecule has 0 radical (unpaired) electrons. The lowest BCUT2D eigenvalue weighted by molar-refractivity contribution is 0.102. The standard InChI is InChI=1S/C19H14ClFN4O/c1-2-18-16(11-23-25(18)15-7-4-13(21)5-8-15)19(26)24-14-6-3-12(10-22)17(20)9-14/h3-9,11H,2H2,1H3,(H,24,26). The average molecular weight is 369 g/mol. The molecule has 1 aromatic heterocycles. The van der Waals surface area contributed by atoms with Gasteiger partial charge in [-0.2, -0.15) is 10.4 Å². The van der Waals surface area contributed by atoms with Gasteiger partial charge in [-0.15, -0.1) is 0 Å². The lowest BCUT2D eigenvalue weighted by Gasteiger charge is -2.09. The molecule has 1 amide bonds. The number of nitrogens with zero attached hydrogens (tertiary/aromatic N) is 3. The van der Waals surface area contributed by atoms with Crippen molar-refractivity contribution in [2.24, 2.45) is 0 Å². The molecule has 0 unspecified atom stereocenters. The highest BCUT2D eigenvalue weighted by atomic mass is 35.5. The molecule has 0 fully saturated rings. The van der Waals surface area contributed by atoms with Gasteiger partial charge in [-0.3, -0.25) is 4.79 Å². The molecule has 130 valence electrons. The average Bonchev–Trinajstić information content (AvgIpc) is 3.06. The summed E-state index contributed by atoms with van der Waals surface area (Å²) >= 11 is 5.99. The normalized spacial score (nSPS) is 10.4. The van der Waals surface area contributed by atoms with Crippen molar-refractivity contribution in [3.8, 4) is 11.8 Å². The summed E-state index contributed by atoms with van der Waals surface area (Å²) in [5.41, 5.74) is 2.61. The third kappa shape index (κ3) is 3.44. The Balaban J connectivity index is 1.89. The maximum atomic E-state index is 13.1. The minimum absolute atomic E-state index is 0.267. The van der Waals surface area contributed by atoms with Crippen LogP contribution in [0.4, 0.5) is 10.1 Å². The fourth-order valence-electron chi connectivity index (χ4n) is 2.59. The molecule has 0 aliphatic heterocycles. The van der Waals surface area contributed by atoms with E-state index in [4.69, 9.17) is 16.9 Å². The zero-order valence-corrected chi connectivity index (χ0v) is 14.6. The summed E-state index contributed by atoms with van der Waals surface area (Å²) < 4.78 is 14.7. The number of rotatable bonds is 4. The number of anilines is 1. The van der Waals surface area contributed by atoms with Gasteiger partial charge < -0.3 is 5.32 Å². The third-order valence-corrected chi connectivity index (χ3v) is 4.18. The molecule has 0 spiro atoms. The van der Waals surface area contributed by atoms with E-state index in [1.54, 1.807) is 28.9 Å². The quantitative estimate of drug-likeness (QED) is 0.744. The number of aromatic nitrogens is 2. The van der Waals surface area contributed by atoms with E-state index < -0.39 is 0 Å². The van der Waals surface area contributed by atoms with Crippen LogP contribution in [0.5, 0.6) is 0 Å². The number of halogens is 2. The SMILES string of the molecule is CCc1c(C(=O)Nc2ccc(C#N)c(Cl)c2)cnn1-c1ccc(F)cc1. The highest BCUT2D eigenvalue weighted by molar-refractivity contribution is 6.32. The summed E-state index contributed by atoms with van der Waals surface area (Å²) in [6.07, 6.45) is 2.04. The molecule has 7 heteroatoms. The number of carbonyl (C=O) groups excluding carboxylic acids is 1. The summed E-state index contributed by atoms with van der Waals surface area (Å²) in [5.74, 6) is -0.675. The molecule has 0 bridgehead atoms. The van der Waals surface area contributed by atoms with Crippen LogP contribution < -0.4 is 5.32 Å². The topological polar surface area (TPSA) is 70.7 Å². The van der Waals surface area contributed by atoms with E-state index in [2.05, 4.69) is 10.4 Å². The zero-order valence-electron chi connectivity index (χ0n) is 13.8. The van der Waals surface area contributed by atoms with Gasteiger partial charge in [-0.25, -0.2) is 9.07 Å². The molecule has 0 atom stereocenters. The van der Waals surface area contributed by atoms with E-state index in [9.17, 15) is 9.18 Å². The van der Waals surface area contributed by atoms with Gasteiger partial charge in [0.1, 0.15) is 11.9 Å². The lowest BCUT2D eigenvalue weighted by atomic mass is 10.1. The molecule has 3 rings (SSSR count). The van der Waals surface area contributed by atoms with Gasteiger partial charge in [0, 0.05) is 5.69 Å². The van der Waals surface area contributed by atoms with E-state index >= 15 is 0 Å². The number of carbonyl (C=O) groups is 1. The highest BCUT2D eigenvalue weighted by Gasteiger charge is 2.17. The van der Waals surface area contributed by atoms with Gasteiger partial charge in [-0.1, -0.05) is 18.5 Å². The van der Waals surface area contributed by atoms with Crippen LogP contribution in [0, 0.1) is 17.1 Å². The van der Waals surface area contributed by atoms with Gasteiger partial charge in [0.25, 0.3) is 5.91 Å². The Morgan fingerprint density at radius 3 is 2.65 bits per heavy atom. The molecule has 2 aromatic carbocycles. The van der Waals surface area contributed by atoms with Gasteiger partial charge >= 0.3 is 0 Å². The number of nitrogens with one attached hydrogen (secondary N) is 1. The summed E-state index contributed by atoms with van der Waals surface area (Å²) in [6.45, 7) is 1.91. The van der Waals surface area contributed by atoms with Crippen molar-refractivity contribution in [1.82, 2.24) is 9.78 Å². The first-order valence-electron chi connectivity index (χ1n) is 7.87. The summed E-state index contributed by atoms with van der Waals surface area (Å²) in [7, 11) is 0. The smallest absolute Gasteiger partial charge is 0.259 e. The predicted molar refractivity (Wildman–Crippen MR) is 97.0 cm³/mol. The van der Waals surface area contributed by atoms with Crippen LogP contribution in [-0.4, -0.2) is 15.7 Å². The minimum Gasteiger partial charge on any atom is -0.322 e. The fourth-order valence-corrected chi connectivity index (χ4v) is 2.81. The van der Waals surface area contributed by atoms with Crippen molar-refractivity contribution in [2.75, 3.05) is 5.32 Å². The predicted octanol–water partition coefficient (Wildman–Crippen LogP) is 4.35. The van der Waals surface area contributed by atoms with E-state index in [0.29, 0.717) is 34.6 Å². The Kier molecular flexibility index (Phi) is 5.01. The molecule has 0 saturated carbocycles. The first-order chi connectivity index (χ1) is 12.5. The van der Waals surface area contributed by atoms with Crippen LogP contribution in [0.1, 0.15) is 28.5 Å². The molecular formula is C19H14ClFN4O. The van der Waals surface area contributed by atoms with Crippen LogP contribution in [0.15, 0.2) is 48.7 Å². The van der Waals surface area contributed by atoms with Crippen molar-refractivity contribution in [3.05, 3.63) is 76.3 Å². The minimum atomic E-state index is -0.338. The molecular weight excluding hydrogens is 355 g/mol. The first-order valence-corrected chi connectivity index (χ1v) is 8.25. The molecule has 26 heavy (non-hydrogen) atoms. The summed E-state index contributed by atoms with van der Waals surface area (Å²) in [5, 5.41) is 16.2. The maximum absolute atomic E-state index is 13.1. The molecule has 0 aliphatic rings.